The fraction of sp³-hybridized carbons (Fsp3) is 0.200. The Balaban J connectivity index is 1.57. The van der Waals surface area contributed by atoms with E-state index in [1.807, 2.05) is 48.7 Å². The number of hydrazone groups is 1. The van der Waals surface area contributed by atoms with Gasteiger partial charge in [0.2, 0.25) is 11.6 Å². The van der Waals surface area contributed by atoms with E-state index >= 15 is 0 Å². The molecular formula is C20H20N8O3S. The Morgan fingerprint density at radius 2 is 2.09 bits per heavy atom. The quantitative estimate of drug-likeness (QED) is 0.306. The van der Waals surface area contributed by atoms with Crippen LogP contribution in [0.4, 0.5) is 5.82 Å². The molecule has 3 heterocycles. The van der Waals surface area contributed by atoms with Gasteiger partial charge in [-0.3, -0.25) is 4.79 Å². The Labute approximate surface area is 186 Å². The van der Waals surface area contributed by atoms with Crippen molar-refractivity contribution in [1.82, 2.24) is 30.7 Å². The standard InChI is InChI=1S/C20H20N8O3S/c1-3-10-30-14-8-6-13(7-9-14)12(2)22-24-20(29)16-17(15-5-4-11-32-15)28(27-23-16)19-18(21)25-31-26-19/h4-9,11H,3,10H2,1-2H3,(H2,21,25)(H,24,29)/b22-12+. The first-order chi connectivity index (χ1) is 15.6. The van der Waals surface area contributed by atoms with Gasteiger partial charge >= 0.3 is 0 Å². The van der Waals surface area contributed by atoms with Crippen molar-refractivity contribution in [1.29, 1.82) is 0 Å². The molecule has 164 valence electrons. The Morgan fingerprint density at radius 3 is 2.75 bits per heavy atom. The lowest BCUT2D eigenvalue weighted by atomic mass is 10.1. The highest BCUT2D eigenvalue weighted by Crippen LogP contribution is 2.29. The SMILES string of the molecule is CCCOc1ccc(/C(C)=N/NC(=O)c2nnn(-c3nonc3N)c2-c2cccs2)cc1. The summed E-state index contributed by atoms with van der Waals surface area (Å²) in [6.07, 6.45) is 0.937. The van der Waals surface area contributed by atoms with E-state index in [4.69, 9.17) is 10.5 Å². The van der Waals surface area contributed by atoms with Crippen LogP contribution in [0.2, 0.25) is 0 Å². The maximum atomic E-state index is 12.9. The summed E-state index contributed by atoms with van der Waals surface area (Å²) in [5, 5.41) is 21.4. The fourth-order valence-corrected chi connectivity index (χ4v) is 3.58. The number of hydrogen-bond donors (Lipinski definition) is 2. The lowest BCUT2D eigenvalue weighted by Crippen LogP contribution is -2.20. The van der Waals surface area contributed by atoms with Crippen molar-refractivity contribution in [2.45, 2.75) is 20.3 Å². The second-order valence-electron chi connectivity index (χ2n) is 6.66. The van der Waals surface area contributed by atoms with Crippen LogP contribution < -0.4 is 15.9 Å². The summed E-state index contributed by atoms with van der Waals surface area (Å²) < 4.78 is 11.6. The molecule has 11 nitrogen and oxygen atoms in total. The summed E-state index contributed by atoms with van der Waals surface area (Å²) in [6, 6.07) is 11.2. The van der Waals surface area contributed by atoms with Gasteiger partial charge in [-0.2, -0.15) is 9.78 Å². The number of nitrogens with two attached hydrogens (primary N) is 1. The third kappa shape index (κ3) is 4.34. The van der Waals surface area contributed by atoms with Gasteiger partial charge in [0, 0.05) is 0 Å². The predicted molar refractivity (Wildman–Crippen MR) is 119 cm³/mol. The average Bonchev–Trinajstić information content (AvgIpc) is 3.56. The molecule has 0 aliphatic rings. The highest BCUT2D eigenvalue weighted by Gasteiger charge is 2.25. The minimum absolute atomic E-state index is 0.0277. The molecule has 32 heavy (non-hydrogen) atoms. The van der Waals surface area contributed by atoms with E-state index in [1.54, 1.807) is 6.92 Å². The van der Waals surface area contributed by atoms with E-state index < -0.39 is 5.91 Å². The third-order valence-electron chi connectivity index (χ3n) is 4.41. The van der Waals surface area contributed by atoms with E-state index in [9.17, 15) is 4.79 Å². The molecule has 12 heteroatoms. The van der Waals surface area contributed by atoms with Crippen LogP contribution in [0.1, 0.15) is 36.3 Å². The number of amides is 1. The second kappa shape index (κ2) is 9.39. The summed E-state index contributed by atoms with van der Waals surface area (Å²) in [6.45, 7) is 4.50. The number of aromatic nitrogens is 5. The van der Waals surface area contributed by atoms with E-state index in [-0.39, 0.29) is 17.3 Å². The van der Waals surface area contributed by atoms with Crippen LogP contribution >= 0.6 is 11.3 Å². The normalized spacial score (nSPS) is 11.5. The molecule has 0 fully saturated rings. The average molecular weight is 453 g/mol. The van der Waals surface area contributed by atoms with Crippen molar-refractivity contribution < 1.29 is 14.2 Å². The maximum absolute atomic E-state index is 12.9. The smallest absolute Gasteiger partial charge is 0.294 e. The van der Waals surface area contributed by atoms with Gasteiger partial charge in [0.05, 0.1) is 17.2 Å². The summed E-state index contributed by atoms with van der Waals surface area (Å²) in [5.41, 5.74) is 10.3. The summed E-state index contributed by atoms with van der Waals surface area (Å²) in [5.74, 6) is 0.424. The van der Waals surface area contributed by atoms with Crippen molar-refractivity contribution in [3.05, 3.63) is 53.0 Å². The lowest BCUT2D eigenvalue weighted by molar-refractivity contribution is 0.0950. The molecule has 0 spiro atoms. The lowest BCUT2D eigenvalue weighted by Gasteiger charge is -2.06. The Morgan fingerprint density at radius 1 is 1.28 bits per heavy atom. The molecule has 4 aromatic rings. The van der Waals surface area contributed by atoms with Gasteiger partial charge in [-0.15, -0.1) is 16.4 Å². The van der Waals surface area contributed by atoms with E-state index in [0.29, 0.717) is 18.0 Å². The van der Waals surface area contributed by atoms with Gasteiger partial charge in [-0.05, 0) is 64.9 Å². The molecule has 0 unspecified atom stereocenters. The highest BCUT2D eigenvalue weighted by molar-refractivity contribution is 7.13. The molecule has 0 aliphatic heterocycles. The molecule has 0 atom stereocenters. The summed E-state index contributed by atoms with van der Waals surface area (Å²) in [7, 11) is 0. The van der Waals surface area contributed by atoms with Gasteiger partial charge in [0.1, 0.15) is 11.4 Å². The molecule has 0 radical (unpaired) electrons. The van der Waals surface area contributed by atoms with Crippen LogP contribution in [0.5, 0.6) is 5.75 Å². The molecule has 0 aliphatic carbocycles. The highest BCUT2D eigenvalue weighted by atomic mass is 32.1. The fourth-order valence-electron chi connectivity index (χ4n) is 2.82. The maximum Gasteiger partial charge on any atom is 0.294 e. The number of hydrogen-bond acceptors (Lipinski definition) is 10. The molecule has 1 amide bonds. The van der Waals surface area contributed by atoms with Crippen LogP contribution in [0.15, 0.2) is 51.5 Å². The number of rotatable bonds is 8. The van der Waals surface area contributed by atoms with Crippen molar-refractivity contribution in [3.8, 4) is 22.1 Å². The van der Waals surface area contributed by atoms with Crippen molar-refractivity contribution in [2.24, 2.45) is 5.10 Å². The molecule has 4 rings (SSSR count). The first kappa shape index (κ1) is 21.2. The minimum atomic E-state index is -0.531. The Bertz CT molecular complexity index is 1230. The van der Waals surface area contributed by atoms with Gasteiger partial charge in [0.15, 0.2) is 5.69 Å². The molecule has 1 aromatic carbocycles. The number of benzene rings is 1. The first-order valence-electron chi connectivity index (χ1n) is 9.74. The zero-order chi connectivity index (χ0) is 22.5. The first-order valence-corrected chi connectivity index (χ1v) is 10.6. The second-order valence-corrected chi connectivity index (χ2v) is 7.61. The number of carbonyl (C=O) groups excluding carboxylic acids is 1. The number of nitrogens with one attached hydrogen (secondary N) is 1. The monoisotopic (exact) mass is 452 g/mol. The van der Waals surface area contributed by atoms with Crippen molar-refractivity contribution in [3.63, 3.8) is 0 Å². The van der Waals surface area contributed by atoms with Crippen molar-refractivity contribution >= 4 is 28.8 Å². The topological polar surface area (TPSA) is 146 Å². The summed E-state index contributed by atoms with van der Waals surface area (Å²) >= 11 is 1.41. The van der Waals surface area contributed by atoms with Gasteiger partial charge in [-0.1, -0.05) is 18.2 Å². The molecule has 3 aromatic heterocycles. The predicted octanol–water partition coefficient (Wildman–Crippen LogP) is 2.90. The number of nitrogens with zero attached hydrogens (tertiary/aromatic N) is 6. The molecule has 3 N–H and O–H groups in total. The zero-order valence-corrected chi connectivity index (χ0v) is 18.2. The number of ether oxygens (including phenoxy) is 1. The van der Waals surface area contributed by atoms with Crippen LogP contribution in [0.25, 0.3) is 16.4 Å². The van der Waals surface area contributed by atoms with E-state index in [2.05, 4.69) is 35.8 Å². The zero-order valence-electron chi connectivity index (χ0n) is 17.3. The van der Waals surface area contributed by atoms with Crippen LogP contribution in [0, 0.1) is 0 Å². The Hall–Kier alpha value is -4.06. The van der Waals surface area contributed by atoms with E-state index in [0.717, 1.165) is 22.6 Å². The van der Waals surface area contributed by atoms with Gasteiger partial charge in [-0.25, -0.2) is 10.1 Å². The minimum Gasteiger partial charge on any atom is -0.494 e. The van der Waals surface area contributed by atoms with Crippen molar-refractivity contribution in [2.75, 3.05) is 12.3 Å². The van der Waals surface area contributed by atoms with Crippen LogP contribution in [0.3, 0.4) is 0 Å². The molecule has 0 saturated carbocycles. The van der Waals surface area contributed by atoms with Crippen LogP contribution in [-0.2, 0) is 0 Å². The van der Waals surface area contributed by atoms with E-state index in [1.165, 1.54) is 16.0 Å². The van der Waals surface area contributed by atoms with Gasteiger partial charge < -0.3 is 10.5 Å². The third-order valence-corrected chi connectivity index (χ3v) is 5.28. The van der Waals surface area contributed by atoms with Crippen LogP contribution in [-0.4, -0.2) is 43.5 Å². The Kier molecular flexibility index (Phi) is 6.22. The number of anilines is 1. The summed E-state index contributed by atoms with van der Waals surface area (Å²) in [4.78, 5) is 13.6. The number of thiophene rings is 1. The molecule has 0 bridgehead atoms. The molecule has 0 saturated heterocycles. The number of carbonyl (C=O) groups is 1. The molecular weight excluding hydrogens is 432 g/mol. The van der Waals surface area contributed by atoms with Gasteiger partial charge in [0.25, 0.3) is 5.91 Å². The largest absolute Gasteiger partial charge is 0.494 e. The number of nitrogen functional groups attached to an aromatic ring is 1.